The van der Waals surface area contributed by atoms with Gasteiger partial charge in [-0.2, -0.15) is 4.98 Å². The van der Waals surface area contributed by atoms with Crippen molar-refractivity contribution in [2.24, 2.45) is 0 Å². The Bertz CT molecular complexity index is 358. The van der Waals surface area contributed by atoms with Crippen molar-refractivity contribution in [3.63, 3.8) is 0 Å². The van der Waals surface area contributed by atoms with Crippen molar-refractivity contribution in [2.75, 3.05) is 7.11 Å². The van der Waals surface area contributed by atoms with Crippen LogP contribution in [0.5, 0.6) is 5.88 Å². The van der Waals surface area contributed by atoms with Crippen molar-refractivity contribution in [2.45, 2.75) is 13.1 Å². The molecule has 5 heteroatoms. The highest BCUT2D eigenvalue weighted by Gasteiger charge is 2.17. The third kappa shape index (κ3) is 0.984. The van der Waals surface area contributed by atoms with Crippen LogP contribution in [0.2, 0.25) is 0 Å². The minimum Gasteiger partial charge on any atom is -0.481 e. The summed E-state index contributed by atoms with van der Waals surface area (Å²) in [6.07, 6.45) is 0. The quantitative estimate of drug-likeness (QED) is 0.585. The molecule has 64 valence electrons. The second-order valence-corrected chi connectivity index (χ2v) is 2.61. The van der Waals surface area contributed by atoms with Gasteiger partial charge in [-0.3, -0.25) is 0 Å². The molecule has 0 bridgehead atoms. The molecule has 2 heterocycles. The summed E-state index contributed by atoms with van der Waals surface area (Å²) in [5, 5.41) is 3.10. The highest BCUT2D eigenvalue weighted by atomic mass is 16.5. The second kappa shape index (κ2) is 2.60. The molecule has 1 aromatic heterocycles. The van der Waals surface area contributed by atoms with Crippen LogP contribution in [0.4, 0.5) is 0 Å². The normalized spacial score (nSPS) is 14.4. The van der Waals surface area contributed by atoms with Crippen LogP contribution in [0, 0.1) is 0 Å². The number of nitrogens with zero attached hydrogens (tertiary/aromatic N) is 1. The van der Waals surface area contributed by atoms with Gasteiger partial charge in [0, 0.05) is 24.3 Å². The molecule has 0 radical (unpaired) electrons. The second-order valence-electron chi connectivity index (χ2n) is 2.61. The Kier molecular flexibility index (Phi) is 1.58. The molecule has 12 heavy (non-hydrogen) atoms. The molecule has 1 aliphatic heterocycles. The number of hydrogen-bond acceptors (Lipinski definition) is 4. The molecule has 0 saturated heterocycles. The van der Waals surface area contributed by atoms with E-state index in [0.29, 0.717) is 19.0 Å². The SMILES string of the molecule is COc1nc(=O)[nH]c2c1CNC2. The molecule has 0 amide bonds. The predicted octanol–water partition coefficient (Wildman–Crippen LogP) is -0.618. The minimum absolute atomic E-state index is 0.353. The van der Waals surface area contributed by atoms with Gasteiger partial charge in [-0.05, 0) is 0 Å². The van der Waals surface area contributed by atoms with Crippen LogP contribution in [0.25, 0.3) is 0 Å². The van der Waals surface area contributed by atoms with Gasteiger partial charge in [-0.15, -0.1) is 0 Å². The van der Waals surface area contributed by atoms with E-state index in [1.54, 1.807) is 0 Å². The summed E-state index contributed by atoms with van der Waals surface area (Å²) in [4.78, 5) is 17.3. The first-order valence-electron chi connectivity index (χ1n) is 3.68. The molecule has 2 N–H and O–H groups in total. The third-order valence-electron chi connectivity index (χ3n) is 1.88. The molecule has 0 aliphatic carbocycles. The smallest absolute Gasteiger partial charge is 0.348 e. The minimum atomic E-state index is -0.353. The molecule has 0 atom stereocenters. The van der Waals surface area contributed by atoms with Crippen molar-refractivity contribution >= 4 is 0 Å². The molecule has 1 aliphatic rings. The van der Waals surface area contributed by atoms with Crippen LogP contribution in [0.1, 0.15) is 11.3 Å². The highest BCUT2D eigenvalue weighted by molar-refractivity contribution is 5.32. The maximum Gasteiger partial charge on any atom is 0.348 e. The van der Waals surface area contributed by atoms with Crippen molar-refractivity contribution in [1.82, 2.24) is 15.3 Å². The number of hydrogen-bond donors (Lipinski definition) is 2. The van der Waals surface area contributed by atoms with Gasteiger partial charge < -0.3 is 15.0 Å². The van der Waals surface area contributed by atoms with E-state index in [0.717, 1.165) is 11.3 Å². The molecule has 2 rings (SSSR count). The Morgan fingerprint density at radius 3 is 3.08 bits per heavy atom. The highest BCUT2D eigenvalue weighted by Crippen LogP contribution is 2.19. The number of aromatic amines is 1. The van der Waals surface area contributed by atoms with Gasteiger partial charge in [-0.25, -0.2) is 4.79 Å². The number of ether oxygens (including phenoxy) is 1. The van der Waals surface area contributed by atoms with Gasteiger partial charge in [0.15, 0.2) is 0 Å². The Labute approximate surface area is 68.8 Å². The number of methoxy groups -OCH3 is 1. The molecule has 1 aromatic rings. The summed E-state index contributed by atoms with van der Waals surface area (Å²) >= 11 is 0. The third-order valence-corrected chi connectivity index (χ3v) is 1.88. The zero-order chi connectivity index (χ0) is 8.55. The first kappa shape index (κ1) is 7.30. The first-order valence-corrected chi connectivity index (χ1v) is 3.68. The Morgan fingerprint density at radius 2 is 2.33 bits per heavy atom. The van der Waals surface area contributed by atoms with Crippen LogP contribution in [-0.2, 0) is 13.1 Å². The van der Waals surface area contributed by atoms with Crippen molar-refractivity contribution < 1.29 is 4.74 Å². The van der Waals surface area contributed by atoms with E-state index in [9.17, 15) is 4.79 Å². The molecule has 0 unspecified atom stereocenters. The van der Waals surface area contributed by atoms with Gasteiger partial charge in [0.1, 0.15) is 0 Å². The summed E-state index contributed by atoms with van der Waals surface area (Å²) in [7, 11) is 1.51. The van der Waals surface area contributed by atoms with Crippen molar-refractivity contribution in [3.8, 4) is 5.88 Å². The maximum absolute atomic E-state index is 10.9. The van der Waals surface area contributed by atoms with Gasteiger partial charge in [0.2, 0.25) is 5.88 Å². The van der Waals surface area contributed by atoms with Crippen LogP contribution < -0.4 is 15.7 Å². The lowest BCUT2D eigenvalue weighted by atomic mass is 10.3. The summed E-state index contributed by atoms with van der Waals surface area (Å²) in [5.74, 6) is 0.429. The van der Waals surface area contributed by atoms with E-state index in [2.05, 4.69) is 15.3 Å². The van der Waals surface area contributed by atoms with Crippen LogP contribution in [-0.4, -0.2) is 17.1 Å². The molecule has 5 nitrogen and oxygen atoms in total. The molecular weight excluding hydrogens is 158 g/mol. The van der Waals surface area contributed by atoms with Gasteiger partial charge in [0.25, 0.3) is 0 Å². The van der Waals surface area contributed by atoms with Crippen molar-refractivity contribution in [1.29, 1.82) is 0 Å². The van der Waals surface area contributed by atoms with E-state index in [1.165, 1.54) is 7.11 Å². The maximum atomic E-state index is 10.9. The van der Waals surface area contributed by atoms with E-state index >= 15 is 0 Å². The van der Waals surface area contributed by atoms with Crippen LogP contribution in [0.15, 0.2) is 4.79 Å². The molecular formula is C7H9N3O2. The molecule has 0 spiro atoms. The van der Waals surface area contributed by atoms with Gasteiger partial charge >= 0.3 is 5.69 Å². The average Bonchev–Trinajstić information content (AvgIpc) is 2.50. The zero-order valence-corrected chi connectivity index (χ0v) is 6.68. The fourth-order valence-corrected chi connectivity index (χ4v) is 1.34. The Morgan fingerprint density at radius 1 is 1.50 bits per heavy atom. The molecule has 0 saturated carbocycles. The number of aromatic nitrogens is 2. The molecule has 0 fully saturated rings. The monoisotopic (exact) mass is 167 g/mol. The summed E-state index contributed by atoms with van der Waals surface area (Å²) in [6.45, 7) is 1.39. The van der Waals surface area contributed by atoms with Crippen LogP contribution >= 0.6 is 0 Å². The average molecular weight is 167 g/mol. The van der Waals surface area contributed by atoms with Gasteiger partial charge in [0.05, 0.1) is 7.11 Å². The van der Waals surface area contributed by atoms with E-state index in [4.69, 9.17) is 4.74 Å². The summed E-state index contributed by atoms with van der Waals surface area (Å²) in [6, 6.07) is 0. The summed E-state index contributed by atoms with van der Waals surface area (Å²) in [5.41, 5.74) is 1.48. The summed E-state index contributed by atoms with van der Waals surface area (Å²) < 4.78 is 4.97. The Balaban J connectivity index is 2.62. The lowest BCUT2D eigenvalue weighted by Gasteiger charge is -2.02. The first-order chi connectivity index (χ1) is 5.81. The van der Waals surface area contributed by atoms with E-state index < -0.39 is 0 Å². The lowest BCUT2D eigenvalue weighted by molar-refractivity contribution is 0.390. The number of rotatable bonds is 1. The number of fused-ring (bicyclic) bond motifs is 1. The lowest BCUT2D eigenvalue weighted by Crippen LogP contribution is -2.14. The Hall–Kier alpha value is -1.36. The topological polar surface area (TPSA) is 67.0 Å². The fraction of sp³-hybridized carbons (Fsp3) is 0.429. The van der Waals surface area contributed by atoms with E-state index in [1.807, 2.05) is 0 Å². The number of H-pyrrole nitrogens is 1. The predicted molar refractivity (Wildman–Crippen MR) is 42.0 cm³/mol. The van der Waals surface area contributed by atoms with E-state index in [-0.39, 0.29) is 5.69 Å². The van der Waals surface area contributed by atoms with Gasteiger partial charge in [-0.1, -0.05) is 0 Å². The molecule has 0 aromatic carbocycles. The van der Waals surface area contributed by atoms with Crippen LogP contribution in [0.3, 0.4) is 0 Å². The van der Waals surface area contributed by atoms with Crippen molar-refractivity contribution in [3.05, 3.63) is 21.7 Å². The fourth-order valence-electron chi connectivity index (χ4n) is 1.34. The zero-order valence-electron chi connectivity index (χ0n) is 6.68. The largest absolute Gasteiger partial charge is 0.481 e. The number of nitrogens with one attached hydrogen (secondary N) is 2. The standard InChI is InChI=1S/C7H9N3O2/c1-12-6-4-2-8-3-5(4)9-7(11)10-6/h8H,2-3H2,1H3,(H,9,10,11).